The van der Waals surface area contributed by atoms with Crippen molar-refractivity contribution >= 4 is 11.8 Å². The number of nitrogens with one attached hydrogen (secondary N) is 3. The third-order valence-corrected chi connectivity index (χ3v) is 1.20. The Hall–Kier alpha value is -1.73. The summed E-state index contributed by atoms with van der Waals surface area (Å²) < 4.78 is 34.9. The number of amides is 2. The van der Waals surface area contributed by atoms with Crippen LogP contribution in [0.15, 0.2) is 12.3 Å². The van der Waals surface area contributed by atoms with Crippen LogP contribution in [0.1, 0.15) is 0 Å². The first-order valence-corrected chi connectivity index (χ1v) is 3.58. The van der Waals surface area contributed by atoms with E-state index in [-0.39, 0.29) is 5.82 Å². The van der Waals surface area contributed by atoms with E-state index in [1.165, 1.54) is 12.3 Å². The van der Waals surface area contributed by atoms with E-state index in [1.807, 2.05) is 0 Å². The van der Waals surface area contributed by atoms with Gasteiger partial charge in [0, 0.05) is 6.07 Å². The molecule has 0 aliphatic carbocycles. The maximum Gasteiger partial charge on any atom is 0.405 e. The molecule has 1 aromatic heterocycles. The van der Waals surface area contributed by atoms with Crippen molar-refractivity contribution in [2.45, 2.75) is 6.18 Å². The van der Waals surface area contributed by atoms with E-state index in [2.05, 4.69) is 15.5 Å². The van der Waals surface area contributed by atoms with E-state index in [0.29, 0.717) is 0 Å². The number of alkyl halides is 3. The van der Waals surface area contributed by atoms with Gasteiger partial charge in [0.25, 0.3) is 0 Å². The Kier molecular flexibility index (Phi) is 2.95. The van der Waals surface area contributed by atoms with Crippen LogP contribution >= 0.6 is 0 Å². The first-order valence-electron chi connectivity index (χ1n) is 3.58. The molecular formula is C6H7F3N4O. The first kappa shape index (κ1) is 10.4. The molecule has 0 aromatic carbocycles. The highest BCUT2D eigenvalue weighted by Crippen LogP contribution is 2.12. The summed E-state index contributed by atoms with van der Waals surface area (Å²) in [4.78, 5) is 10.8. The number of carbonyl (C=O) groups excluding carboxylic acids is 1. The predicted molar refractivity (Wildman–Crippen MR) is 41.7 cm³/mol. The molecule has 0 saturated heterocycles. The van der Waals surface area contributed by atoms with Crippen LogP contribution in [0.3, 0.4) is 0 Å². The number of carbonyl (C=O) groups is 1. The van der Waals surface area contributed by atoms with Crippen LogP contribution in [-0.4, -0.2) is 28.9 Å². The van der Waals surface area contributed by atoms with Crippen LogP contribution in [0.5, 0.6) is 0 Å². The molecule has 1 heterocycles. The van der Waals surface area contributed by atoms with Crippen LogP contribution in [0, 0.1) is 0 Å². The van der Waals surface area contributed by atoms with Crippen molar-refractivity contribution in [3.63, 3.8) is 0 Å². The van der Waals surface area contributed by atoms with Gasteiger partial charge in [-0.25, -0.2) is 4.79 Å². The second-order valence-corrected chi connectivity index (χ2v) is 2.39. The number of anilines is 1. The molecule has 0 bridgehead atoms. The number of rotatable bonds is 2. The smallest absolute Gasteiger partial charge is 0.329 e. The van der Waals surface area contributed by atoms with Gasteiger partial charge < -0.3 is 5.32 Å². The molecular weight excluding hydrogens is 201 g/mol. The van der Waals surface area contributed by atoms with E-state index in [0.717, 1.165) is 0 Å². The molecule has 3 N–H and O–H groups in total. The molecule has 0 saturated carbocycles. The quantitative estimate of drug-likeness (QED) is 0.680. The Morgan fingerprint density at radius 3 is 2.79 bits per heavy atom. The minimum Gasteiger partial charge on any atom is -0.329 e. The number of halogens is 3. The van der Waals surface area contributed by atoms with E-state index in [4.69, 9.17) is 0 Å². The van der Waals surface area contributed by atoms with Crippen molar-refractivity contribution in [3.05, 3.63) is 12.3 Å². The Morgan fingerprint density at radius 1 is 1.57 bits per heavy atom. The molecule has 0 radical (unpaired) electrons. The van der Waals surface area contributed by atoms with Crippen LogP contribution in [0.2, 0.25) is 0 Å². The molecule has 14 heavy (non-hydrogen) atoms. The fourth-order valence-electron chi connectivity index (χ4n) is 0.673. The lowest BCUT2D eigenvalue weighted by Gasteiger charge is -2.08. The van der Waals surface area contributed by atoms with Gasteiger partial charge in [-0.15, -0.1) is 0 Å². The standard InChI is InChI=1S/C6H7F3N4O/c7-6(8,9)3-10-5(14)12-4-1-2-11-13-4/h1-2H,3H2,(H3,10,11,12,13,14). The van der Waals surface area contributed by atoms with Gasteiger partial charge in [0.1, 0.15) is 12.4 Å². The topological polar surface area (TPSA) is 69.8 Å². The maximum atomic E-state index is 11.6. The highest BCUT2D eigenvalue weighted by atomic mass is 19.4. The highest BCUT2D eigenvalue weighted by Gasteiger charge is 2.27. The average Bonchev–Trinajstić information content (AvgIpc) is 2.52. The van der Waals surface area contributed by atoms with Gasteiger partial charge in [0.05, 0.1) is 6.20 Å². The van der Waals surface area contributed by atoms with Gasteiger partial charge in [-0.3, -0.25) is 10.4 Å². The number of hydrogen-bond acceptors (Lipinski definition) is 2. The molecule has 0 fully saturated rings. The summed E-state index contributed by atoms with van der Waals surface area (Å²) in [6.45, 7) is -1.37. The Labute approximate surface area is 76.7 Å². The monoisotopic (exact) mass is 208 g/mol. The second-order valence-electron chi connectivity index (χ2n) is 2.39. The van der Waals surface area contributed by atoms with Crippen molar-refractivity contribution in [1.82, 2.24) is 15.5 Å². The summed E-state index contributed by atoms with van der Waals surface area (Å²) in [5, 5.41) is 9.62. The molecule has 0 atom stereocenters. The van der Waals surface area contributed by atoms with Crippen molar-refractivity contribution < 1.29 is 18.0 Å². The molecule has 5 nitrogen and oxygen atoms in total. The van der Waals surface area contributed by atoms with Crippen molar-refractivity contribution in [2.24, 2.45) is 0 Å². The lowest BCUT2D eigenvalue weighted by atomic mass is 10.6. The summed E-state index contributed by atoms with van der Waals surface area (Å²) in [6, 6.07) is 0.472. The molecule has 0 aliphatic heterocycles. The Balaban J connectivity index is 2.30. The number of urea groups is 1. The summed E-state index contributed by atoms with van der Waals surface area (Å²) >= 11 is 0. The van der Waals surface area contributed by atoms with Crippen molar-refractivity contribution in [1.29, 1.82) is 0 Å². The molecule has 0 spiro atoms. The van der Waals surface area contributed by atoms with E-state index in [9.17, 15) is 18.0 Å². The molecule has 2 amide bonds. The first-order chi connectivity index (χ1) is 6.47. The Bertz CT molecular complexity index is 295. The van der Waals surface area contributed by atoms with E-state index < -0.39 is 18.8 Å². The van der Waals surface area contributed by atoms with Crippen LogP contribution < -0.4 is 10.6 Å². The van der Waals surface area contributed by atoms with Crippen LogP contribution in [0.4, 0.5) is 23.8 Å². The zero-order valence-corrected chi connectivity index (χ0v) is 6.85. The van der Waals surface area contributed by atoms with Crippen molar-refractivity contribution in [3.8, 4) is 0 Å². The molecule has 1 aromatic rings. The van der Waals surface area contributed by atoms with Gasteiger partial charge in [-0.1, -0.05) is 0 Å². The lowest BCUT2D eigenvalue weighted by molar-refractivity contribution is -0.122. The summed E-state index contributed by atoms with van der Waals surface area (Å²) in [5.74, 6) is 0.227. The minimum absolute atomic E-state index is 0.227. The van der Waals surface area contributed by atoms with Gasteiger partial charge in [0.2, 0.25) is 0 Å². The van der Waals surface area contributed by atoms with Gasteiger partial charge in [-0.2, -0.15) is 18.3 Å². The molecule has 0 aliphatic rings. The predicted octanol–water partition coefficient (Wildman–Crippen LogP) is 1.09. The minimum atomic E-state index is -4.41. The van der Waals surface area contributed by atoms with Crippen molar-refractivity contribution in [2.75, 3.05) is 11.9 Å². The van der Waals surface area contributed by atoms with Gasteiger partial charge >= 0.3 is 12.2 Å². The summed E-state index contributed by atoms with van der Waals surface area (Å²) in [5.41, 5.74) is 0. The summed E-state index contributed by atoms with van der Waals surface area (Å²) in [7, 11) is 0. The Morgan fingerprint density at radius 2 is 2.29 bits per heavy atom. The number of H-pyrrole nitrogens is 1. The third kappa shape index (κ3) is 3.78. The molecule has 1 rings (SSSR count). The van der Waals surface area contributed by atoms with Crippen LogP contribution in [0.25, 0.3) is 0 Å². The number of nitrogens with zero attached hydrogens (tertiary/aromatic N) is 1. The molecule has 78 valence electrons. The van der Waals surface area contributed by atoms with Gasteiger partial charge in [0.15, 0.2) is 0 Å². The third-order valence-electron chi connectivity index (χ3n) is 1.20. The lowest BCUT2D eigenvalue weighted by Crippen LogP contribution is -2.36. The van der Waals surface area contributed by atoms with Crippen LogP contribution in [-0.2, 0) is 0 Å². The van der Waals surface area contributed by atoms with E-state index >= 15 is 0 Å². The number of hydrogen-bond donors (Lipinski definition) is 3. The maximum absolute atomic E-state index is 11.6. The van der Waals surface area contributed by atoms with E-state index in [1.54, 1.807) is 5.32 Å². The zero-order chi connectivity index (χ0) is 10.6. The summed E-state index contributed by atoms with van der Waals surface area (Å²) in [6.07, 6.45) is -3.05. The molecule has 8 heteroatoms. The fraction of sp³-hybridized carbons (Fsp3) is 0.333. The highest BCUT2D eigenvalue weighted by molar-refractivity contribution is 5.88. The molecule has 0 unspecified atom stereocenters. The zero-order valence-electron chi connectivity index (χ0n) is 6.85. The number of aromatic amines is 1. The fourth-order valence-corrected chi connectivity index (χ4v) is 0.673. The SMILES string of the molecule is O=C(NCC(F)(F)F)Nc1ccn[nH]1. The second kappa shape index (κ2) is 3.99. The average molecular weight is 208 g/mol. The van der Waals surface area contributed by atoms with Gasteiger partial charge in [-0.05, 0) is 0 Å². The normalized spacial score (nSPS) is 11.1. The largest absolute Gasteiger partial charge is 0.405 e. The number of aromatic nitrogens is 2.